The van der Waals surface area contributed by atoms with Crippen LogP contribution in [0.25, 0.3) is 0 Å². The molecule has 1 unspecified atom stereocenters. The number of benzene rings is 1. The fourth-order valence-corrected chi connectivity index (χ4v) is 2.87. The number of hydrogen-bond acceptors (Lipinski definition) is 3. The summed E-state index contributed by atoms with van der Waals surface area (Å²) in [7, 11) is 3.41. The van der Waals surface area contributed by atoms with E-state index in [9.17, 15) is 0 Å². The molecule has 0 radical (unpaired) electrons. The molecule has 2 rings (SSSR count). The van der Waals surface area contributed by atoms with Gasteiger partial charge in [0, 0.05) is 5.56 Å². The lowest BCUT2D eigenvalue weighted by molar-refractivity contribution is 0.313. The highest BCUT2D eigenvalue weighted by Gasteiger charge is 2.24. The Bertz CT molecular complexity index is 386. The van der Waals surface area contributed by atoms with Crippen molar-refractivity contribution in [1.82, 2.24) is 5.32 Å². The molecule has 1 aliphatic heterocycles. The van der Waals surface area contributed by atoms with E-state index in [1.165, 1.54) is 18.4 Å². The zero-order chi connectivity index (χ0) is 13.0. The maximum absolute atomic E-state index is 5.54. The molecule has 1 fully saturated rings. The van der Waals surface area contributed by atoms with Gasteiger partial charge in [-0.3, -0.25) is 0 Å². The number of rotatable bonds is 4. The Kier molecular flexibility index (Phi) is 4.48. The Morgan fingerprint density at radius 3 is 2.50 bits per heavy atom. The Hall–Kier alpha value is -1.22. The molecule has 100 valence electrons. The molecule has 1 aromatic rings. The Morgan fingerprint density at radius 2 is 1.89 bits per heavy atom. The van der Waals surface area contributed by atoms with Gasteiger partial charge in [-0.1, -0.05) is 19.1 Å². The van der Waals surface area contributed by atoms with Gasteiger partial charge in [-0.15, -0.1) is 0 Å². The fraction of sp³-hybridized carbons (Fsp3) is 0.600. The van der Waals surface area contributed by atoms with Gasteiger partial charge in [0.2, 0.25) is 0 Å². The van der Waals surface area contributed by atoms with Crippen LogP contribution in [0.1, 0.15) is 31.2 Å². The monoisotopic (exact) mass is 249 g/mol. The highest BCUT2D eigenvalue weighted by atomic mass is 16.5. The van der Waals surface area contributed by atoms with Gasteiger partial charge in [-0.2, -0.15) is 0 Å². The molecule has 0 amide bonds. The molecule has 1 aliphatic rings. The quantitative estimate of drug-likeness (QED) is 0.890. The van der Waals surface area contributed by atoms with E-state index in [1.54, 1.807) is 14.2 Å². The second kappa shape index (κ2) is 6.10. The molecular formula is C15H23NO2. The summed E-state index contributed by atoms with van der Waals surface area (Å²) in [6.07, 6.45) is 2.48. The summed E-state index contributed by atoms with van der Waals surface area (Å²) < 4.78 is 10.9. The van der Waals surface area contributed by atoms with Crippen molar-refractivity contribution in [3.8, 4) is 11.5 Å². The molecule has 1 N–H and O–H groups in total. The fourth-order valence-electron chi connectivity index (χ4n) is 2.87. The Morgan fingerprint density at radius 1 is 1.17 bits per heavy atom. The van der Waals surface area contributed by atoms with Crippen LogP contribution < -0.4 is 14.8 Å². The zero-order valence-corrected chi connectivity index (χ0v) is 11.5. The number of hydrogen-bond donors (Lipinski definition) is 1. The first kappa shape index (κ1) is 13.2. The number of nitrogens with one attached hydrogen (secondary N) is 1. The highest BCUT2D eigenvalue weighted by molar-refractivity contribution is 5.48. The van der Waals surface area contributed by atoms with E-state index >= 15 is 0 Å². The summed E-state index contributed by atoms with van der Waals surface area (Å²) >= 11 is 0. The van der Waals surface area contributed by atoms with Crippen LogP contribution in [-0.2, 0) is 0 Å². The normalized spacial score (nSPS) is 18.4. The van der Waals surface area contributed by atoms with Gasteiger partial charge >= 0.3 is 0 Å². The average molecular weight is 249 g/mol. The maximum Gasteiger partial charge on any atom is 0.164 e. The Balaban J connectivity index is 2.25. The lowest BCUT2D eigenvalue weighted by Gasteiger charge is -2.29. The predicted molar refractivity (Wildman–Crippen MR) is 73.6 cm³/mol. The summed E-state index contributed by atoms with van der Waals surface area (Å²) in [4.78, 5) is 0. The van der Waals surface area contributed by atoms with Crippen molar-refractivity contribution in [1.29, 1.82) is 0 Å². The first-order chi connectivity index (χ1) is 8.77. The van der Waals surface area contributed by atoms with Gasteiger partial charge in [0.25, 0.3) is 0 Å². The lowest BCUT2D eigenvalue weighted by Crippen LogP contribution is -2.30. The van der Waals surface area contributed by atoms with Gasteiger partial charge in [0.15, 0.2) is 11.5 Å². The van der Waals surface area contributed by atoms with Crippen LogP contribution in [0.5, 0.6) is 11.5 Å². The van der Waals surface area contributed by atoms with Crippen LogP contribution in [-0.4, -0.2) is 27.3 Å². The van der Waals surface area contributed by atoms with Crippen molar-refractivity contribution < 1.29 is 9.47 Å². The van der Waals surface area contributed by atoms with E-state index in [4.69, 9.17) is 9.47 Å². The van der Waals surface area contributed by atoms with E-state index in [1.807, 2.05) is 12.1 Å². The van der Waals surface area contributed by atoms with Crippen molar-refractivity contribution in [2.75, 3.05) is 27.3 Å². The minimum atomic E-state index is 0.511. The molecule has 1 heterocycles. The zero-order valence-electron chi connectivity index (χ0n) is 11.5. The van der Waals surface area contributed by atoms with Crippen LogP contribution in [0.4, 0.5) is 0 Å². The van der Waals surface area contributed by atoms with Gasteiger partial charge < -0.3 is 14.8 Å². The highest BCUT2D eigenvalue weighted by Crippen LogP contribution is 2.40. The summed E-state index contributed by atoms with van der Waals surface area (Å²) in [5, 5.41) is 3.42. The maximum atomic E-state index is 5.54. The van der Waals surface area contributed by atoms with Crippen LogP contribution in [0.3, 0.4) is 0 Å². The number of para-hydroxylation sites is 1. The molecule has 0 saturated carbocycles. The number of piperidine rings is 1. The standard InChI is InChI=1S/C15H23NO2/c1-11(12-7-9-16-10-8-12)13-5-4-6-14(17-2)15(13)18-3/h4-6,11-12,16H,7-10H2,1-3H3. The van der Waals surface area contributed by atoms with Crippen molar-refractivity contribution in [3.05, 3.63) is 23.8 Å². The second-order valence-electron chi connectivity index (χ2n) is 4.96. The average Bonchev–Trinajstić information content (AvgIpc) is 2.46. The van der Waals surface area contributed by atoms with Crippen molar-refractivity contribution >= 4 is 0 Å². The van der Waals surface area contributed by atoms with Crippen LogP contribution in [0.2, 0.25) is 0 Å². The molecule has 1 atom stereocenters. The smallest absolute Gasteiger partial charge is 0.164 e. The van der Waals surface area contributed by atoms with Gasteiger partial charge in [0.05, 0.1) is 14.2 Å². The molecule has 0 bridgehead atoms. The van der Waals surface area contributed by atoms with Gasteiger partial charge in [0.1, 0.15) is 0 Å². The molecule has 1 aromatic carbocycles. The molecule has 3 nitrogen and oxygen atoms in total. The minimum absolute atomic E-state index is 0.511. The summed E-state index contributed by atoms with van der Waals surface area (Å²) in [6.45, 7) is 4.55. The third kappa shape index (κ3) is 2.61. The largest absolute Gasteiger partial charge is 0.493 e. The van der Waals surface area contributed by atoms with Crippen LogP contribution in [0, 0.1) is 5.92 Å². The predicted octanol–water partition coefficient (Wildman–Crippen LogP) is 2.81. The topological polar surface area (TPSA) is 30.5 Å². The summed E-state index contributed by atoms with van der Waals surface area (Å²) in [6, 6.07) is 6.17. The van der Waals surface area contributed by atoms with Crippen molar-refractivity contribution in [2.45, 2.75) is 25.7 Å². The van der Waals surface area contributed by atoms with Crippen LogP contribution in [0.15, 0.2) is 18.2 Å². The first-order valence-corrected chi connectivity index (χ1v) is 6.69. The number of ether oxygens (including phenoxy) is 2. The molecule has 18 heavy (non-hydrogen) atoms. The van der Waals surface area contributed by atoms with Crippen LogP contribution >= 0.6 is 0 Å². The second-order valence-corrected chi connectivity index (χ2v) is 4.96. The van der Waals surface area contributed by atoms with E-state index in [2.05, 4.69) is 18.3 Å². The molecule has 0 aromatic heterocycles. The number of methoxy groups -OCH3 is 2. The van der Waals surface area contributed by atoms with Gasteiger partial charge in [-0.05, 0) is 43.8 Å². The molecule has 1 saturated heterocycles. The SMILES string of the molecule is COc1cccc(C(C)C2CCNCC2)c1OC. The van der Waals surface area contributed by atoms with E-state index in [-0.39, 0.29) is 0 Å². The van der Waals surface area contributed by atoms with Crippen molar-refractivity contribution in [2.24, 2.45) is 5.92 Å². The summed E-state index contributed by atoms with van der Waals surface area (Å²) in [5.74, 6) is 2.96. The third-order valence-corrected chi connectivity index (χ3v) is 4.01. The Labute approximate surface area is 109 Å². The van der Waals surface area contributed by atoms with E-state index in [0.717, 1.165) is 30.5 Å². The molecular weight excluding hydrogens is 226 g/mol. The third-order valence-electron chi connectivity index (χ3n) is 4.01. The van der Waals surface area contributed by atoms with Gasteiger partial charge in [-0.25, -0.2) is 0 Å². The van der Waals surface area contributed by atoms with Crippen molar-refractivity contribution in [3.63, 3.8) is 0 Å². The first-order valence-electron chi connectivity index (χ1n) is 6.69. The molecule has 0 spiro atoms. The molecule has 3 heteroatoms. The van der Waals surface area contributed by atoms with E-state index in [0.29, 0.717) is 5.92 Å². The minimum Gasteiger partial charge on any atom is -0.493 e. The molecule has 0 aliphatic carbocycles. The lowest BCUT2D eigenvalue weighted by atomic mass is 9.81. The summed E-state index contributed by atoms with van der Waals surface area (Å²) in [5.41, 5.74) is 1.27. The van der Waals surface area contributed by atoms with E-state index < -0.39 is 0 Å².